The second-order valence-electron chi connectivity index (χ2n) is 16.5. The number of hydrogen-bond acceptors (Lipinski definition) is 3. The second kappa shape index (κ2) is 13.7. The largest absolute Gasteiger partial charge is 0.309 e. The summed E-state index contributed by atoms with van der Waals surface area (Å²) in [6.45, 7) is 0. The smallest absolute Gasteiger partial charge is 0.160 e. The van der Waals surface area contributed by atoms with Crippen molar-refractivity contribution in [3.05, 3.63) is 212 Å². The zero-order valence-corrected chi connectivity index (χ0v) is 33.9. The third-order valence-electron chi connectivity index (χ3n) is 12.9. The van der Waals surface area contributed by atoms with Crippen LogP contribution in [-0.2, 0) is 0 Å². The van der Waals surface area contributed by atoms with E-state index in [1.165, 1.54) is 59.8 Å². The Balaban J connectivity index is 0.889. The van der Waals surface area contributed by atoms with E-state index in [1.54, 1.807) is 0 Å². The summed E-state index contributed by atoms with van der Waals surface area (Å²) in [4.78, 5) is 10.3. The zero-order chi connectivity index (χ0) is 41.6. The summed E-state index contributed by atoms with van der Waals surface area (Å²) < 4.78 is 2.32. The van der Waals surface area contributed by atoms with Crippen molar-refractivity contribution in [1.82, 2.24) is 14.5 Å². The predicted molar refractivity (Wildman–Crippen MR) is 261 cm³/mol. The van der Waals surface area contributed by atoms with Gasteiger partial charge in [0.05, 0.1) is 34.1 Å². The number of rotatable bonds is 6. The van der Waals surface area contributed by atoms with Gasteiger partial charge in [-0.3, -0.25) is 0 Å². The monoisotopic (exact) mass is 798 g/mol. The molecule has 2 aromatic heterocycles. The number of benzene rings is 11. The van der Waals surface area contributed by atoms with Crippen molar-refractivity contribution in [2.45, 2.75) is 0 Å². The Labute approximate surface area is 362 Å². The number of aromatic nitrogens is 3. The molecule has 0 bridgehead atoms. The molecule has 0 N–H and O–H groups in total. The first kappa shape index (κ1) is 35.1. The van der Waals surface area contributed by atoms with Gasteiger partial charge in [0.25, 0.3) is 0 Å². The summed E-state index contributed by atoms with van der Waals surface area (Å²) in [6.07, 6.45) is 0. The lowest BCUT2D eigenvalue weighted by Crippen LogP contribution is -1.96. The Kier molecular flexibility index (Phi) is 7.63. The summed E-state index contributed by atoms with van der Waals surface area (Å²) in [7, 11) is 0. The average Bonchev–Trinajstić information content (AvgIpc) is 3.70. The lowest BCUT2D eigenvalue weighted by atomic mass is 9.89. The molecular formula is C59H34N4. The van der Waals surface area contributed by atoms with Crippen molar-refractivity contribution in [3.8, 4) is 67.9 Å². The van der Waals surface area contributed by atoms with Crippen LogP contribution in [0.25, 0.3) is 127 Å². The molecule has 4 nitrogen and oxygen atoms in total. The van der Waals surface area contributed by atoms with Crippen LogP contribution in [0.5, 0.6) is 0 Å². The molecule has 0 saturated heterocycles. The number of hydrogen-bond donors (Lipinski definition) is 0. The van der Waals surface area contributed by atoms with Gasteiger partial charge in [0.2, 0.25) is 0 Å². The predicted octanol–water partition coefficient (Wildman–Crippen LogP) is 15.3. The van der Waals surface area contributed by atoms with Crippen molar-refractivity contribution in [2.24, 2.45) is 0 Å². The molecule has 0 spiro atoms. The van der Waals surface area contributed by atoms with E-state index in [0.717, 1.165) is 61.1 Å². The molecule has 11 aromatic carbocycles. The summed E-state index contributed by atoms with van der Waals surface area (Å²) in [6, 6.07) is 75.7. The van der Waals surface area contributed by atoms with Gasteiger partial charge in [0, 0.05) is 38.5 Å². The van der Waals surface area contributed by atoms with Crippen molar-refractivity contribution in [3.63, 3.8) is 0 Å². The molecule has 0 fully saturated rings. The maximum absolute atomic E-state index is 10.0. The first-order chi connectivity index (χ1) is 31.2. The van der Waals surface area contributed by atoms with Crippen LogP contribution in [0.1, 0.15) is 5.56 Å². The third kappa shape index (κ3) is 5.47. The first-order valence-corrected chi connectivity index (χ1v) is 21.3. The minimum absolute atomic E-state index is 0.696. The SMILES string of the molecule is N#Cc1ccc2c3c1ccc1c(-c4ccc(-c5cc6ccc7cc(-c8nc(-c9ccccc9)cc(-c9ccccc9)n8)cc8ccc(c5)c6c78)cc4)ccc(c13)n2-c1ccccc1. The van der Waals surface area contributed by atoms with E-state index in [-0.39, 0.29) is 0 Å². The summed E-state index contributed by atoms with van der Waals surface area (Å²) in [5, 5.41) is 21.8. The Morgan fingerprint density at radius 2 is 0.857 bits per heavy atom. The van der Waals surface area contributed by atoms with Gasteiger partial charge in [0.1, 0.15) is 0 Å². The molecule has 13 aromatic rings. The van der Waals surface area contributed by atoms with Crippen molar-refractivity contribution < 1.29 is 0 Å². The molecule has 0 unspecified atom stereocenters. The summed E-state index contributed by atoms with van der Waals surface area (Å²) >= 11 is 0. The van der Waals surface area contributed by atoms with Crippen LogP contribution >= 0.6 is 0 Å². The summed E-state index contributed by atoms with van der Waals surface area (Å²) in [5.74, 6) is 0.712. The van der Waals surface area contributed by atoms with Crippen LogP contribution in [0, 0.1) is 11.3 Å². The third-order valence-corrected chi connectivity index (χ3v) is 12.9. The lowest BCUT2D eigenvalue weighted by Gasteiger charge is -2.15. The second-order valence-corrected chi connectivity index (χ2v) is 16.5. The number of para-hydroxylation sites is 1. The minimum atomic E-state index is 0.696. The van der Waals surface area contributed by atoms with E-state index in [4.69, 9.17) is 9.97 Å². The highest BCUT2D eigenvalue weighted by atomic mass is 15.0. The highest BCUT2D eigenvalue weighted by Gasteiger charge is 2.21. The standard InChI is InChI=1S/C59H34N4/c60-35-44-24-28-53-57-49(44)25-26-50-48(27-29-54(58(50)57)63(53)47-14-8-3-9-15-47)37-18-16-36(17-19-37)45-30-40-20-22-42-32-46(33-43-23-21-41(31-45)55(40)56(42)43)59-61-51(38-10-4-1-5-11-38)34-52(62-59)39-12-6-2-7-13-39/h1-34H. The van der Waals surface area contributed by atoms with E-state index >= 15 is 0 Å². The van der Waals surface area contributed by atoms with Crippen LogP contribution in [-0.4, -0.2) is 14.5 Å². The lowest BCUT2D eigenvalue weighted by molar-refractivity contribution is 1.18. The van der Waals surface area contributed by atoms with Crippen LogP contribution in [0.15, 0.2) is 206 Å². The normalized spacial score (nSPS) is 11.8. The van der Waals surface area contributed by atoms with Crippen LogP contribution in [0.2, 0.25) is 0 Å². The van der Waals surface area contributed by atoms with Gasteiger partial charge in [0.15, 0.2) is 5.82 Å². The summed E-state index contributed by atoms with van der Waals surface area (Å²) in [5.41, 5.74) is 13.7. The van der Waals surface area contributed by atoms with E-state index < -0.39 is 0 Å². The topological polar surface area (TPSA) is 54.5 Å². The highest BCUT2D eigenvalue weighted by Crippen LogP contribution is 2.44. The molecule has 0 saturated carbocycles. The van der Waals surface area contributed by atoms with Gasteiger partial charge in [-0.2, -0.15) is 5.26 Å². The van der Waals surface area contributed by atoms with Gasteiger partial charge >= 0.3 is 0 Å². The Bertz CT molecular complexity index is 3810. The molecule has 0 atom stereocenters. The molecule has 63 heavy (non-hydrogen) atoms. The van der Waals surface area contributed by atoms with Gasteiger partial charge < -0.3 is 4.57 Å². The number of nitrogens with zero attached hydrogens (tertiary/aromatic N) is 4. The Hall–Kier alpha value is -8.65. The van der Waals surface area contributed by atoms with Crippen LogP contribution in [0.3, 0.4) is 0 Å². The zero-order valence-electron chi connectivity index (χ0n) is 33.9. The fraction of sp³-hybridized carbons (Fsp3) is 0. The Morgan fingerprint density at radius 3 is 1.43 bits per heavy atom. The maximum Gasteiger partial charge on any atom is 0.160 e. The molecule has 0 aliphatic rings. The van der Waals surface area contributed by atoms with Gasteiger partial charge in [-0.15, -0.1) is 0 Å². The minimum Gasteiger partial charge on any atom is -0.309 e. The first-order valence-electron chi connectivity index (χ1n) is 21.3. The van der Waals surface area contributed by atoms with Crippen LogP contribution < -0.4 is 0 Å². The van der Waals surface area contributed by atoms with Gasteiger partial charge in [-0.1, -0.05) is 146 Å². The quantitative estimate of drug-likeness (QED) is 0.157. The fourth-order valence-corrected chi connectivity index (χ4v) is 10.0. The molecule has 0 radical (unpaired) electrons. The van der Waals surface area contributed by atoms with Gasteiger partial charge in [-0.05, 0) is 121 Å². The molecule has 0 aliphatic carbocycles. The fourth-order valence-electron chi connectivity index (χ4n) is 10.0. The number of nitriles is 1. The van der Waals surface area contributed by atoms with Gasteiger partial charge in [-0.25, -0.2) is 9.97 Å². The molecule has 2 heterocycles. The average molecular weight is 799 g/mol. The molecular weight excluding hydrogens is 765 g/mol. The van der Waals surface area contributed by atoms with Crippen molar-refractivity contribution in [1.29, 1.82) is 5.26 Å². The molecule has 0 aliphatic heterocycles. The van der Waals surface area contributed by atoms with E-state index in [0.29, 0.717) is 11.4 Å². The van der Waals surface area contributed by atoms with E-state index in [1.807, 2.05) is 24.3 Å². The van der Waals surface area contributed by atoms with Crippen LogP contribution in [0.4, 0.5) is 0 Å². The molecule has 4 heteroatoms. The van der Waals surface area contributed by atoms with E-state index in [9.17, 15) is 5.26 Å². The highest BCUT2D eigenvalue weighted by molar-refractivity contribution is 6.28. The molecule has 0 amide bonds. The maximum atomic E-state index is 10.0. The van der Waals surface area contributed by atoms with Crippen molar-refractivity contribution >= 4 is 64.9 Å². The van der Waals surface area contributed by atoms with Crippen molar-refractivity contribution in [2.75, 3.05) is 0 Å². The molecule has 13 rings (SSSR count). The molecule has 290 valence electrons. The van der Waals surface area contributed by atoms with E-state index in [2.05, 4.69) is 193 Å². The Morgan fingerprint density at radius 1 is 0.365 bits per heavy atom.